The molecule has 0 spiro atoms. The van der Waals surface area contributed by atoms with Crippen LogP contribution in [0.2, 0.25) is 0 Å². The second-order valence-corrected chi connectivity index (χ2v) is 8.40. The van der Waals surface area contributed by atoms with Gasteiger partial charge in [-0.15, -0.1) is 0 Å². The lowest BCUT2D eigenvalue weighted by Gasteiger charge is -2.34. The Hall–Kier alpha value is -2.63. The maximum absolute atomic E-state index is 12.9. The second-order valence-electron chi connectivity index (χ2n) is 8.40. The van der Waals surface area contributed by atoms with Gasteiger partial charge in [0.15, 0.2) is 6.10 Å². The van der Waals surface area contributed by atoms with E-state index >= 15 is 0 Å². The van der Waals surface area contributed by atoms with Crippen LogP contribution < -0.4 is 10.3 Å². The highest BCUT2D eigenvalue weighted by atomic mass is 16.5. The first-order valence-corrected chi connectivity index (χ1v) is 10.5. The number of rotatable bonds is 5. The van der Waals surface area contributed by atoms with Crippen molar-refractivity contribution in [3.63, 3.8) is 0 Å². The van der Waals surface area contributed by atoms with Gasteiger partial charge >= 0.3 is 0 Å². The van der Waals surface area contributed by atoms with E-state index in [-0.39, 0.29) is 17.5 Å². The first-order chi connectivity index (χ1) is 13.9. The van der Waals surface area contributed by atoms with Gasteiger partial charge in [-0.05, 0) is 69.7 Å². The van der Waals surface area contributed by atoms with Crippen molar-refractivity contribution in [3.05, 3.63) is 57.5 Å². The van der Waals surface area contributed by atoms with Gasteiger partial charge in [0.1, 0.15) is 5.75 Å². The average Bonchev–Trinajstić information content (AvgIpc) is 3.56. The van der Waals surface area contributed by atoms with Crippen molar-refractivity contribution in [2.45, 2.75) is 64.5 Å². The fraction of sp³-hybridized carbons (Fsp3) is 0.522. The smallest absolute Gasteiger partial charge is 0.267 e. The van der Waals surface area contributed by atoms with Crippen LogP contribution in [0.25, 0.3) is 0 Å². The standard InChI is InChI=1S/C23H29N3O3/c1-15-4-5-16(2)21(14-15)29-17(3)23(28)25-12-10-19(11-13-25)26-22(27)9-8-20(24-26)18-6-7-18/h4-5,8-9,14,17-19H,6-7,10-13H2,1-3H3. The number of aryl methyl sites for hydroxylation is 2. The highest BCUT2D eigenvalue weighted by Crippen LogP contribution is 2.38. The number of hydrogen-bond acceptors (Lipinski definition) is 4. The van der Waals surface area contributed by atoms with Crippen molar-refractivity contribution in [3.8, 4) is 5.75 Å². The summed E-state index contributed by atoms with van der Waals surface area (Å²) in [5.41, 5.74) is 3.11. The van der Waals surface area contributed by atoms with E-state index < -0.39 is 6.10 Å². The molecule has 1 aliphatic carbocycles. The highest BCUT2D eigenvalue weighted by Gasteiger charge is 2.30. The molecule has 0 N–H and O–H groups in total. The molecule has 1 aliphatic heterocycles. The predicted molar refractivity (Wildman–Crippen MR) is 111 cm³/mol. The molecule has 0 bridgehead atoms. The van der Waals surface area contributed by atoms with Gasteiger partial charge in [0.2, 0.25) is 0 Å². The normalized spacial score (nSPS) is 18.5. The lowest BCUT2D eigenvalue weighted by molar-refractivity contribution is -0.139. The summed E-state index contributed by atoms with van der Waals surface area (Å²) in [7, 11) is 0. The number of likely N-dealkylation sites (tertiary alicyclic amines) is 1. The van der Waals surface area contributed by atoms with Gasteiger partial charge in [0.05, 0.1) is 11.7 Å². The van der Waals surface area contributed by atoms with E-state index in [0.717, 1.165) is 48.3 Å². The van der Waals surface area contributed by atoms with Crippen LogP contribution in [0.15, 0.2) is 35.1 Å². The maximum atomic E-state index is 12.9. The van der Waals surface area contributed by atoms with Crippen molar-refractivity contribution in [1.29, 1.82) is 0 Å². The predicted octanol–water partition coefficient (Wildman–Crippen LogP) is 3.37. The molecular formula is C23H29N3O3. The summed E-state index contributed by atoms with van der Waals surface area (Å²) in [4.78, 5) is 27.0. The Labute approximate surface area is 171 Å². The van der Waals surface area contributed by atoms with E-state index in [2.05, 4.69) is 5.10 Å². The fourth-order valence-electron chi connectivity index (χ4n) is 3.96. The van der Waals surface area contributed by atoms with E-state index in [1.165, 1.54) is 0 Å². The van der Waals surface area contributed by atoms with Gasteiger partial charge in [0, 0.05) is 25.1 Å². The largest absolute Gasteiger partial charge is 0.481 e. The fourth-order valence-corrected chi connectivity index (χ4v) is 3.96. The number of carbonyl (C=O) groups excluding carboxylic acids is 1. The molecule has 2 heterocycles. The molecule has 1 saturated heterocycles. The molecule has 1 aromatic carbocycles. The van der Waals surface area contributed by atoms with Crippen LogP contribution in [-0.4, -0.2) is 39.8 Å². The number of piperidine rings is 1. The molecule has 29 heavy (non-hydrogen) atoms. The SMILES string of the molecule is Cc1ccc(C)c(OC(C)C(=O)N2CCC(n3nc(C4CC4)ccc3=O)CC2)c1. The topological polar surface area (TPSA) is 64.4 Å². The van der Waals surface area contributed by atoms with Gasteiger partial charge in [-0.3, -0.25) is 9.59 Å². The van der Waals surface area contributed by atoms with Crippen LogP contribution in [0.5, 0.6) is 5.75 Å². The van der Waals surface area contributed by atoms with Crippen molar-refractivity contribution in [1.82, 2.24) is 14.7 Å². The van der Waals surface area contributed by atoms with Crippen LogP contribution in [0.3, 0.4) is 0 Å². The molecule has 4 rings (SSSR count). The Morgan fingerprint density at radius 3 is 2.52 bits per heavy atom. The summed E-state index contributed by atoms with van der Waals surface area (Å²) in [6.07, 6.45) is 3.27. The lowest BCUT2D eigenvalue weighted by Crippen LogP contribution is -2.46. The third-order valence-corrected chi connectivity index (χ3v) is 5.96. The quantitative estimate of drug-likeness (QED) is 0.779. The number of benzene rings is 1. The molecule has 0 radical (unpaired) electrons. The van der Waals surface area contributed by atoms with Crippen LogP contribution in [0.4, 0.5) is 0 Å². The summed E-state index contributed by atoms with van der Waals surface area (Å²) >= 11 is 0. The van der Waals surface area contributed by atoms with E-state index in [1.54, 1.807) is 17.7 Å². The minimum atomic E-state index is -0.536. The summed E-state index contributed by atoms with van der Waals surface area (Å²) < 4.78 is 7.61. The molecule has 2 aliphatic rings. The average molecular weight is 396 g/mol. The third-order valence-electron chi connectivity index (χ3n) is 5.96. The van der Waals surface area contributed by atoms with Gasteiger partial charge in [-0.25, -0.2) is 4.68 Å². The van der Waals surface area contributed by atoms with E-state index in [4.69, 9.17) is 4.74 Å². The molecule has 1 amide bonds. The zero-order chi connectivity index (χ0) is 20.5. The van der Waals surface area contributed by atoms with Crippen LogP contribution in [0.1, 0.15) is 61.4 Å². The molecule has 1 aromatic heterocycles. The zero-order valence-corrected chi connectivity index (χ0v) is 17.4. The number of amides is 1. The molecule has 6 heteroatoms. The van der Waals surface area contributed by atoms with Crippen LogP contribution in [0, 0.1) is 13.8 Å². The Kier molecular flexibility index (Phi) is 5.43. The number of nitrogens with zero attached hydrogens (tertiary/aromatic N) is 3. The lowest BCUT2D eigenvalue weighted by atomic mass is 10.0. The molecule has 6 nitrogen and oxygen atoms in total. The van der Waals surface area contributed by atoms with Gasteiger partial charge in [0.25, 0.3) is 11.5 Å². The van der Waals surface area contributed by atoms with E-state index in [1.807, 2.05) is 43.0 Å². The van der Waals surface area contributed by atoms with Crippen molar-refractivity contribution >= 4 is 5.91 Å². The van der Waals surface area contributed by atoms with Gasteiger partial charge in [-0.2, -0.15) is 5.10 Å². The van der Waals surface area contributed by atoms with E-state index in [9.17, 15) is 9.59 Å². The summed E-state index contributed by atoms with van der Waals surface area (Å²) in [6, 6.07) is 9.57. The number of carbonyl (C=O) groups is 1. The zero-order valence-electron chi connectivity index (χ0n) is 17.4. The molecule has 1 saturated carbocycles. The Bertz CT molecular complexity index is 956. The van der Waals surface area contributed by atoms with Gasteiger partial charge in [-0.1, -0.05) is 12.1 Å². The monoisotopic (exact) mass is 395 g/mol. The first-order valence-electron chi connectivity index (χ1n) is 10.5. The summed E-state index contributed by atoms with van der Waals surface area (Å²) in [6.45, 7) is 7.04. The Balaban J connectivity index is 1.38. The number of ether oxygens (including phenoxy) is 1. The molecule has 2 fully saturated rings. The first kappa shape index (κ1) is 19.7. The van der Waals surface area contributed by atoms with Crippen LogP contribution in [-0.2, 0) is 4.79 Å². The third kappa shape index (κ3) is 4.36. The molecule has 1 atom stereocenters. The maximum Gasteiger partial charge on any atom is 0.267 e. The Morgan fingerprint density at radius 2 is 1.83 bits per heavy atom. The number of aromatic nitrogens is 2. The molecule has 1 unspecified atom stereocenters. The summed E-state index contributed by atoms with van der Waals surface area (Å²) in [5, 5.41) is 4.61. The minimum absolute atomic E-state index is 0.00334. The van der Waals surface area contributed by atoms with Crippen molar-refractivity contribution in [2.24, 2.45) is 0 Å². The van der Waals surface area contributed by atoms with E-state index in [0.29, 0.717) is 19.0 Å². The van der Waals surface area contributed by atoms with Crippen LogP contribution >= 0.6 is 0 Å². The molecule has 2 aromatic rings. The van der Waals surface area contributed by atoms with Crippen molar-refractivity contribution < 1.29 is 9.53 Å². The molecule has 154 valence electrons. The van der Waals surface area contributed by atoms with Crippen molar-refractivity contribution in [2.75, 3.05) is 13.1 Å². The minimum Gasteiger partial charge on any atom is -0.481 e. The summed E-state index contributed by atoms with van der Waals surface area (Å²) in [5.74, 6) is 1.27. The Morgan fingerprint density at radius 1 is 1.10 bits per heavy atom. The highest BCUT2D eigenvalue weighted by molar-refractivity contribution is 5.81. The number of hydrogen-bond donors (Lipinski definition) is 0. The van der Waals surface area contributed by atoms with Gasteiger partial charge < -0.3 is 9.64 Å². The molecular weight excluding hydrogens is 366 g/mol. The second kappa shape index (κ2) is 8.01.